The van der Waals surface area contributed by atoms with Crippen LogP contribution >= 0.6 is 0 Å². The van der Waals surface area contributed by atoms with Gasteiger partial charge >= 0.3 is 0 Å². The molecule has 1 aromatic rings. The van der Waals surface area contributed by atoms with Crippen LogP contribution in [0.25, 0.3) is 0 Å². The van der Waals surface area contributed by atoms with E-state index in [0.717, 1.165) is 19.6 Å². The van der Waals surface area contributed by atoms with E-state index in [1.165, 1.54) is 17.5 Å². The van der Waals surface area contributed by atoms with E-state index in [0.29, 0.717) is 12.1 Å². The fourth-order valence-corrected chi connectivity index (χ4v) is 2.53. The van der Waals surface area contributed by atoms with E-state index < -0.39 is 0 Å². The molecule has 2 unspecified atom stereocenters. The smallest absolute Gasteiger partial charge is 0.0300 e. The molecule has 1 saturated heterocycles. The summed E-state index contributed by atoms with van der Waals surface area (Å²) in [5.41, 5.74) is 2.71. The van der Waals surface area contributed by atoms with E-state index >= 15 is 0 Å². The van der Waals surface area contributed by atoms with Crippen molar-refractivity contribution in [2.45, 2.75) is 45.8 Å². The summed E-state index contributed by atoms with van der Waals surface area (Å²) in [4.78, 5) is 6.76. The second-order valence-electron chi connectivity index (χ2n) is 5.10. The topological polar surface area (TPSA) is 28.2 Å². The predicted molar refractivity (Wildman–Crippen MR) is 70.9 cm³/mol. The quantitative estimate of drug-likeness (QED) is 0.865. The van der Waals surface area contributed by atoms with Crippen LogP contribution in [0.2, 0.25) is 0 Å². The summed E-state index contributed by atoms with van der Waals surface area (Å²) in [6.45, 7) is 9.99. The third kappa shape index (κ3) is 3.05. The highest BCUT2D eigenvalue weighted by Gasteiger charge is 2.24. The number of pyridine rings is 1. The zero-order chi connectivity index (χ0) is 12.3. The number of nitrogens with one attached hydrogen (secondary N) is 1. The molecule has 1 N–H and O–H groups in total. The minimum atomic E-state index is 0.597. The molecule has 0 bridgehead atoms. The van der Waals surface area contributed by atoms with Crippen LogP contribution in [0.1, 0.15) is 31.4 Å². The molecule has 2 heterocycles. The van der Waals surface area contributed by atoms with Gasteiger partial charge in [-0.05, 0) is 37.5 Å². The number of rotatable bonds is 3. The lowest BCUT2D eigenvalue weighted by Crippen LogP contribution is -2.54. The minimum absolute atomic E-state index is 0.597. The summed E-state index contributed by atoms with van der Waals surface area (Å²) in [7, 11) is 0. The van der Waals surface area contributed by atoms with Gasteiger partial charge < -0.3 is 5.32 Å². The molecule has 1 aliphatic rings. The lowest BCUT2D eigenvalue weighted by molar-refractivity contribution is 0.124. The third-order valence-corrected chi connectivity index (χ3v) is 3.71. The summed E-state index contributed by atoms with van der Waals surface area (Å²) < 4.78 is 0. The van der Waals surface area contributed by atoms with Crippen molar-refractivity contribution in [1.82, 2.24) is 15.2 Å². The fraction of sp³-hybridized carbons (Fsp3) is 0.643. The van der Waals surface area contributed by atoms with Gasteiger partial charge in [-0.15, -0.1) is 0 Å². The van der Waals surface area contributed by atoms with Crippen LogP contribution in [0, 0.1) is 6.92 Å². The van der Waals surface area contributed by atoms with E-state index in [1.807, 2.05) is 12.4 Å². The maximum Gasteiger partial charge on any atom is 0.0300 e. The van der Waals surface area contributed by atoms with Crippen LogP contribution < -0.4 is 5.32 Å². The normalized spacial score (nSPS) is 26.1. The Morgan fingerprint density at radius 1 is 1.53 bits per heavy atom. The molecule has 3 heteroatoms. The third-order valence-electron chi connectivity index (χ3n) is 3.71. The molecule has 17 heavy (non-hydrogen) atoms. The highest BCUT2D eigenvalue weighted by atomic mass is 15.2. The van der Waals surface area contributed by atoms with Gasteiger partial charge in [0.15, 0.2) is 0 Å². The summed E-state index contributed by atoms with van der Waals surface area (Å²) in [6.07, 6.45) is 5.07. The average Bonchev–Trinajstić information content (AvgIpc) is 2.32. The minimum Gasteiger partial charge on any atom is -0.311 e. The number of hydrogen-bond acceptors (Lipinski definition) is 3. The van der Waals surface area contributed by atoms with Crippen molar-refractivity contribution < 1.29 is 0 Å². The Hall–Kier alpha value is -0.930. The Morgan fingerprint density at radius 3 is 3.06 bits per heavy atom. The first kappa shape index (κ1) is 12.5. The Morgan fingerprint density at radius 2 is 2.35 bits per heavy atom. The van der Waals surface area contributed by atoms with Crippen LogP contribution in [-0.4, -0.2) is 35.1 Å². The zero-order valence-corrected chi connectivity index (χ0v) is 11.1. The van der Waals surface area contributed by atoms with Gasteiger partial charge in [0.05, 0.1) is 0 Å². The molecule has 0 radical (unpaired) electrons. The second kappa shape index (κ2) is 5.61. The van der Waals surface area contributed by atoms with E-state index in [9.17, 15) is 0 Å². The molecule has 0 amide bonds. The monoisotopic (exact) mass is 233 g/mol. The first-order valence-electron chi connectivity index (χ1n) is 6.57. The molecule has 1 fully saturated rings. The van der Waals surface area contributed by atoms with Gasteiger partial charge in [-0.3, -0.25) is 9.88 Å². The molecule has 0 aromatic carbocycles. The van der Waals surface area contributed by atoms with E-state index in [4.69, 9.17) is 0 Å². The van der Waals surface area contributed by atoms with Crippen LogP contribution in [0.3, 0.4) is 0 Å². The van der Waals surface area contributed by atoms with Crippen molar-refractivity contribution >= 4 is 0 Å². The van der Waals surface area contributed by atoms with Gasteiger partial charge in [0.2, 0.25) is 0 Å². The molecule has 1 aromatic heterocycles. The number of hydrogen-bond donors (Lipinski definition) is 1. The van der Waals surface area contributed by atoms with Gasteiger partial charge in [-0.25, -0.2) is 0 Å². The van der Waals surface area contributed by atoms with Crippen molar-refractivity contribution in [3.8, 4) is 0 Å². The Labute approximate surface area is 104 Å². The molecule has 2 rings (SSSR count). The SMILES string of the molecule is CCC1CNC(C)CN1Cc1ccncc1C. The summed E-state index contributed by atoms with van der Waals surface area (Å²) in [5, 5.41) is 3.56. The number of nitrogens with zero attached hydrogens (tertiary/aromatic N) is 2. The maximum absolute atomic E-state index is 4.16. The van der Waals surface area contributed by atoms with Gasteiger partial charge in [-0.2, -0.15) is 0 Å². The number of aryl methyl sites for hydroxylation is 1. The molecule has 2 atom stereocenters. The standard InChI is InChI=1S/C14H23N3/c1-4-14-8-16-12(3)9-17(14)10-13-5-6-15-7-11(13)2/h5-7,12,14,16H,4,8-10H2,1-3H3. The van der Waals surface area contributed by atoms with E-state index in [1.54, 1.807) is 0 Å². The van der Waals surface area contributed by atoms with Crippen LogP contribution in [0.5, 0.6) is 0 Å². The summed E-state index contributed by atoms with van der Waals surface area (Å²) >= 11 is 0. The van der Waals surface area contributed by atoms with Crippen molar-refractivity contribution in [2.24, 2.45) is 0 Å². The molecular weight excluding hydrogens is 210 g/mol. The van der Waals surface area contributed by atoms with Crippen molar-refractivity contribution in [3.05, 3.63) is 29.6 Å². The van der Waals surface area contributed by atoms with Gasteiger partial charge in [0, 0.05) is 44.1 Å². The first-order chi connectivity index (χ1) is 8.20. The van der Waals surface area contributed by atoms with Gasteiger partial charge in [-0.1, -0.05) is 6.92 Å². The Bertz CT molecular complexity index is 364. The summed E-state index contributed by atoms with van der Waals surface area (Å²) in [5.74, 6) is 0. The Balaban J connectivity index is 2.07. The number of piperazine rings is 1. The van der Waals surface area contributed by atoms with Crippen LogP contribution in [-0.2, 0) is 6.54 Å². The van der Waals surface area contributed by atoms with E-state index in [2.05, 4.69) is 42.0 Å². The van der Waals surface area contributed by atoms with E-state index in [-0.39, 0.29) is 0 Å². The van der Waals surface area contributed by atoms with Gasteiger partial charge in [0.25, 0.3) is 0 Å². The highest BCUT2D eigenvalue weighted by Crippen LogP contribution is 2.16. The zero-order valence-electron chi connectivity index (χ0n) is 11.1. The molecule has 0 saturated carbocycles. The second-order valence-corrected chi connectivity index (χ2v) is 5.10. The molecule has 1 aliphatic heterocycles. The summed E-state index contributed by atoms with van der Waals surface area (Å²) in [6, 6.07) is 3.41. The van der Waals surface area contributed by atoms with Crippen molar-refractivity contribution in [1.29, 1.82) is 0 Å². The lowest BCUT2D eigenvalue weighted by Gasteiger charge is -2.39. The van der Waals surface area contributed by atoms with Crippen molar-refractivity contribution in [2.75, 3.05) is 13.1 Å². The number of aromatic nitrogens is 1. The van der Waals surface area contributed by atoms with Crippen molar-refractivity contribution in [3.63, 3.8) is 0 Å². The average molecular weight is 233 g/mol. The van der Waals surface area contributed by atoms with Crippen LogP contribution in [0.15, 0.2) is 18.5 Å². The molecule has 3 nitrogen and oxygen atoms in total. The molecule has 0 aliphatic carbocycles. The van der Waals surface area contributed by atoms with Gasteiger partial charge in [0.1, 0.15) is 0 Å². The van der Waals surface area contributed by atoms with Crippen LogP contribution in [0.4, 0.5) is 0 Å². The highest BCUT2D eigenvalue weighted by molar-refractivity contribution is 5.21. The molecule has 0 spiro atoms. The molecule has 94 valence electrons. The first-order valence-corrected chi connectivity index (χ1v) is 6.57. The largest absolute Gasteiger partial charge is 0.311 e. The Kier molecular flexibility index (Phi) is 4.13. The fourth-order valence-electron chi connectivity index (χ4n) is 2.53. The predicted octanol–water partition coefficient (Wildman–Crippen LogP) is 1.96. The lowest BCUT2D eigenvalue weighted by atomic mass is 10.0. The maximum atomic E-state index is 4.16. The molecular formula is C14H23N3.